The lowest BCUT2D eigenvalue weighted by Crippen LogP contribution is -2.15. The van der Waals surface area contributed by atoms with E-state index < -0.39 is 16.2 Å². The number of nitrogens with zero attached hydrogens (tertiary/aromatic N) is 3. The van der Waals surface area contributed by atoms with Crippen molar-refractivity contribution in [2.45, 2.75) is 50.1 Å². The normalized spacial score (nSPS) is 18.5. The highest BCUT2D eigenvalue weighted by atomic mass is 31.2. The van der Waals surface area contributed by atoms with E-state index in [0.717, 1.165) is 48.7 Å². The highest BCUT2D eigenvalue weighted by Crippen LogP contribution is 2.49. The van der Waals surface area contributed by atoms with Crippen LogP contribution in [0.4, 0.5) is 0 Å². The molecule has 7 aromatic rings. The molecule has 398 valence electrons. The lowest BCUT2D eigenvalue weighted by atomic mass is 10.1. The zero-order valence-electron chi connectivity index (χ0n) is 41.9. The Morgan fingerprint density at radius 3 is 1.38 bits per heavy atom. The third-order valence-corrected chi connectivity index (χ3v) is 16.9. The number of hydrogen-bond acceptors (Lipinski definition) is 15. The van der Waals surface area contributed by atoms with Crippen LogP contribution >= 0.6 is 24.7 Å². The van der Waals surface area contributed by atoms with Gasteiger partial charge in [-0.05, 0) is 101 Å². The standard InChI is InChI=1S/C56H60N3O14P3/c1-2-17-45(18-3-1)70-59-75(57-74-58(71-52-21-10-6-15-43(52)27-31-62-35-48-39-66-48)76(59)73-53-22-11-7-16-44(53)28-32-63-36-49-40-67-49)72-55-24-12-23-54(68-50-19-8-4-13-41(50)25-29-60-33-46-37-64-46)56(55)69-51-20-9-5-14-42(51)26-30-61-34-47-38-65-47/h1-24,46-49H,25-40H2. The molecule has 4 aliphatic heterocycles. The van der Waals surface area contributed by atoms with Gasteiger partial charge in [-0.15, -0.1) is 4.51 Å². The number of epoxide rings is 4. The van der Waals surface area contributed by atoms with E-state index in [2.05, 4.69) is 0 Å². The molecule has 0 aliphatic carbocycles. The Labute approximate surface area is 445 Å². The van der Waals surface area contributed by atoms with Gasteiger partial charge in [-0.2, -0.15) is 0 Å². The van der Waals surface area contributed by atoms with Crippen molar-refractivity contribution in [1.82, 2.24) is 13.0 Å². The van der Waals surface area contributed by atoms with E-state index in [4.69, 9.17) is 70.6 Å². The van der Waals surface area contributed by atoms with Crippen LogP contribution in [0.1, 0.15) is 22.3 Å². The number of rotatable bonds is 32. The van der Waals surface area contributed by atoms with E-state index >= 15 is 0 Å². The molecule has 20 heteroatoms. The van der Waals surface area contributed by atoms with E-state index in [1.54, 1.807) is 8.51 Å². The topological polar surface area (TPSA) is 165 Å². The van der Waals surface area contributed by atoms with Crippen molar-refractivity contribution in [2.75, 3.05) is 79.3 Å². The van der Waals surface area contributed by atoms with E-state index in [1.165, 1.54) is 0 Å². The number of aromatic nitrogens is 3. The summed E-state index contributed by atoms with van der Waals surface area (Å²) in [5.41, 5.74) is 3.80. The van der Waals surface area contributed by atoms with Crippen LogP contribution in [0.3, 0.4) is 0 Å². The van der Waals surface area contributed by atoms with E-state index in [1.807, 2.05) is 146 Å². The summed E-state index contributed by atoms with van der Waals surface area (Å²) in [5, 5.41) is 0. The number of benzene rings is 6. The van der Waals surface area contributed by atoms with Crippen LogP contribution in [0.25, 0.3) is 0 Å². The van der Waals surface area contributed by atoms with Gasteiger partial charge in [0, 0.05) is 0 Å². The smallest absolute Gasteiger partial charge is 0.319 e. The minimum Gasteiger partial charge on any atom is -0.453 e. The second-order valence-corrected chi connectivity index (χ2v) is 22.6. The molecule has 0 amide bonds. The quantitative estimate of drug-likeness (QED) is 0.0289. The summed E-state index contributed by atoms with van der Waals surface area (Å²) in [7, 11) is -3.73. The first kappa shape index (κ1) is 52.2. The van der Waals surface area contributed by atoms with Crippen molar-refractivity contribution in [3.8, 4) is 46.0 Å². The maximum Gasteiger partial charge on any atom is 0.319 e. The fraction of sp³-hybridized carbons (Fsp3) is 0.357. The molecule has 4 fully saturated rings. The van der Waals surface area contributed by atoms with Crippen molar-refractivity contribution >= 4 is 24.7 Å². The lowest BCUT2D eigenvalue weighted by molar-refractivity contribution is 0.118. The minimum atomic E-state index is -2.07. The number of para-hydroxylation sites is 6. The summed E-state index contributed by atoms with van der Waals surface area (Å²) in [5.74, 6) is 4.17. The number of ether oxygens (including phenoxy) is 10. The third-order valence-electron chi connectivity index (χ3n) is 12.3. The molecule has 1 aromatic heterocycles. The van der Waals surface area contributed by atoms with E-state index in [0.29, 0.717) is 133 Å². The Morgan fingerprint density at radius 2 is 0.855 bits per heavy atom. The second kappa shape index (κ2) is 26.4. The van der Waals surface area contributed by atoms with Gasteiger partial charge in [0.1, 0.15) is 41.7 Å². The Kier molecular flexibility index (Phi) is 18.1. The largest absolute Gasteiger partial charge is 0.453 e. The predicted molar refractivity (Wildman–Crippen MR) is 286 cm³/mol. The van der Waals surface area contributed by atoms with Crippen molar-refractivity contribution in [2.24, 2.45) is 0 Å². The first-order valence-corrected chi connectivity index (χ1v) is 28.7. The highest BCUT2D eigenvalue weighted by molar-refractivity contribution is 7.56. The van der Waals surface area contributed by atoms with Crippen LogP contribution in [0.15, 0.2) is 146 Å². The molecule has 0 spiro atoms. The fourth-order valence-corrected chi connectivity index (χ4v) is 12.8. The van der Waals surface area contributed by atoms with Crippen molar-refractivity contribution < 1.29 is 66.1 Å². The Balaban J connectivity index is 0.974. The van der Waals surface area contributed by atoms with Gasteiger partial charge < -0.3 is 66.1 Å². The summed E-state index contributed by atoms with van der Waals surface area (Å²) < 4.78 is 82.1. The van der Waals surface area contributed by atoms with Crippen molar-refractivity contribution in [3.05, 3.63) is 168 Å². The molecule has 0 radical (unpaired) electrons. The van der Waals surface area contributed by atoms with Crippen LogP contribution < -0.4 is 28.2 Å². The number of hydrogen-bond donors (Lipinski definition) is 0. The van der Waals surface area contributed by atoms with Gasteiger partial charge in [0.25, 0.3) is 0 Å². The van der Waals surface area contributed by atoms with Crippen molar-refractivity contribution in [3.63, 3.8) is 0 Å². The van der Waals surface area contributed by atoms with Gasteiger partial charge in [0.15, 0.2) is 31.5 Å². The lowest BCUT2D eigenvalue weighted by Gasteiger charge is -2.23. The molecular weight excluding hydrogens is 1030 g/mol. The third kappa shape index (κ3) is 15.4. The average molecular weight is 1090 g/mol. The molecule has 5 heterocycles. The molecule has 4 aliphatic rings. The fourth-order valence-electron chi connectivity index (χ4n) is 7.79. The molecule has 6 aromatic carbocycles. The van der Waals surface area contributed by atoms with Gasteiger partial charge in [-0.25, -0.2) is 0 Å². The molecule has 4 saturated heterocycles. The summed E-state index contributed by atoms with van der Waals surface area (Å²) in [6.07, 6.45) is 3.09. The zero-order chi connectivity index (χ0) is 51.1. The molecule has 6 atom stereocenters. The zero-order valence-corrected chi connectivity index (χ0v) is 44.6. The van der Waals surface area contributed by atoms with Gasteiger partial charge in [-0.3, -0.25) is 0 Å². The van der Waals surface area contributed by atoms with Crippen molar-refractivity contribution in [1.29, 1.82) is 0 Å². The van der Waals surface area contributed by atoms with Crippen LogP contribution in [0.2, 0.25) is 0 Å². The second-order valence-electron chi connectivity index (χ2n) is 18.2. The Bertz CT molecular complexity index is 3000. The summed E-state index contributed by atoms with van der Waals surface area (Å²) in [6.45, 7) is 7.11. The molecule has 11 rings (SSSR count). The minimum absolute atomic E-state index is 0.156. The monoisotopic (exact) mass is 1090 g/mol. The summed E-state index contributed by atoms with van der Waals surface area (Å²) >= 11 is 0. The molecule has 17 nitrogen and oxygen atoms in total. The maximum atomic E-state index is 7.19. The van der Waals surface area contributed by atoms with E-state index in [-0.39, 0.29) is 24.4 Å². The van der Waals surface area contributed by atoms with Gasteiger partial charge in [0.2, 0.25) is 5.75 Å². The van der Waals surface area contributed by atoms with Gasteiger partial charge in [-0.1, -0.05) is 101 Å². The summed E-state index contributed by atoms with van der Waals surface area (Å²) in [6, 6.07) is 46.7. The maximum absolute atomic E-state index is 7.19. The van der Waals surface area contributed by atoms with Crippen LogP contribution in [0.5, 0.6) is 46.0 Å². The summed E-state index contributed by atoms with van der Waals surface area (Å²) in [4.78, 5) is 13.8. The Morgan fingerprint density at radius 1 is 0.434 bits per heavy atom. The SMILES string of the molecule is c1ccc(On2p(Oc3cccc(Oc4ccccc4CCOCC4CO4)c3Oc3ccccc3CCOCC3CO3)npn(Oc3ccccc3CCOCC3CO3)p2Oc2ccccc2CCOCC2CO2)cc1. The van der Waals surface area contributed by atoms with Gasteiger partial charge >= 0.3 is 16.2 Å². The van der Waals surface area contributed by atoms with Crippen LogP contribution in [0, 0.1) is 0 Å². The van der Waals surface area contributed by atoms with Crippen LogP contribution in [-0.4, -0.2) is 117 Å². The highest BCUT2D eigenvalue weighted by Gasteiger charge is 2.28. The Hall–Kier alpha value is -5.90. The average Bonchev–Trinajstić information content (AvgIpc) is 4.19. The molecule has 0 saturated carbocycles. The molecule has 0 bridgehead atoms. The molecule has 76 heavy (non-hydrogen) atoms. The van der Waals surface area contributed by atoms with Crippen LogP contribution in [-0.2, 0) is 63.6 Å². The molecule has 0 N–H and O–H groups in total. The predicted octanol–water partition coefficient (Wildman–Crippen LogP) is 11.1. The first-order chi connectivity index (χ1) is 37.6. The molecule has 6 unspecified atom stereocenters. The van der Waals surface area contributed by atoms with E-state index in [9.17, 15) is 0 Å². The van der Waals surface area contributed by atoms with Gasteiger partial charge in [0.05, 0.1) is 79.3 Å². The molecular formula is C56H60N3O14P3. The first-order valence-electron chi connectivity index (χ1n) is 25.6.